The SMILES string of the molecule is O=S1(=O)CCC(CCNS(=O)(=O)c2ccc(Cl)cc2)C1. The van der Waals surface area contributed by atoms with E-state index in [1.165, 1.54) is 24.3 Å². The predicted octanol–water partition coefficient (Wildman–Crippen LogP) is 1.44. The Morgan fingerprint density at radius 2 is 1.90 bits per heavy atom. The molecule has 1 aromatic carbocycles. The maximum atomic E-state index is 12.0. The standard InChI is InChI=1S/C12H16ClNO4S2/c13-11-1-3-12(4-2-11)20(17,18)14-7-5-10-6-8-19(15,16)9-10/h1-4,10,14H,5-9H2. The van der Waals surface area contributed by atoms with Gasteiger partial charge in [0, 0.05) is 11.6 Å². The summed E-state index contributed by atoms with van der Waals surface area (Å²) in [5.41, 5.74) is 0. The van der Waals surface area contributed by atoms with Gasteiger partial charge in [-0.15, -0.1) is 0 Å². The molecule has 0 aliphatic carbocycles. The molecule has 1 saturated heterocycles. The van der Waals surface area contributed by atoms with Crippen LogP contribution in [0.5, 0.6) is 0 Å². The third-order valence-electron chi connectivity index (χ3n) is 3.30. The first kappa shape index (κ1) is 15.8. The van der Waals surface area contributed by atoms with Crippen molar-refractivity contribution < 1.29 is 16.8 Å². The Morgan fingerprint density at radius 3 is 2.45 bits per heavy atom. The fourth-order valence-corrected chi connectivity index (χ4v) is 5.28. The van der Waals surface area contributed by atoms with Crippen molar-refractivity contribution in [2.75, 3.05) is 18.1 Å². The average Bonchev–Trinajstić information content (AvgIpc) is 2.69. The monoisotopic (exact) mass is 337 g/mol. The average molecular weight is 338 g/mol. The van der Waals surface area contributed by atoms with Crippen molar-refractivity contribution >= 4 is 31.5 Å². The summed E-state index contributed by atoms with van der Waals surface area (Å²) in [5, 5.41) is 0.472. The number of nitrogens with one attached hydrogen (secondary N) is 1. The number of hydrogen-bond acceptors (Lipinski definition) is 4. The second-order valence-corrected chi connectivity index (χ2v) is 9.34. The lowest BCUT2D eigenvalue weighted by Gasteiger charge is -2.09. The highest BCUT2D eigenvalue weighted by molar-refractivity contribution is 7.91. The molecule has 1 heterocycles. The molecule has 1 aliphatic heterocycles. The van der Waals surface area contributed by atoms with Crippen molar-refractivity contribution in [1.29, 1.82) is 0 Å². The van der Waals surface area contributed by atoms with Crippen LogP contribution in [0.1, 0.15) is 12.8 Å². The van der Waals surface area contributed by atoms with E-state index in [0.29, 0.717) is 17.9 Å². The first-order valence-corrected chi connectivity index (χ1v) is 9.92. The summed E-state index contributed by atoms with van der Waals surface area (Å²) in [5.74, 6) is 0.421. The van der Waals surface area contributed by atoms with Crippen LogP contribution in [0.3, 0.4) is 0 Å². The summed E-state index contributed by atoms with van der Waals surface area (Å²) in [6.45, 7) is 0.241. The quantitative estimate of drug-likeness (QED) is 0.881. The molecule has 0 saturated carbocycles. The van der Waals surface area contributed by atoms with Gasteiger partial charge in [0.15, 0.2) is 9.84 Å². The minimum atomic E-state index is -3.56. The first-order chi connectivity index (χ1) is 9.28. The van der Waals surface area contributed by atoms with Gasteiger partial charge in [-0.05, 0) is 43.0 Å². The fourth-order valence-electron chi connectivity index (χ4n) is 2.19. The van der Waals surface area contributed by atoms with Crippen LogP contribution < -0.4 is 4.72 Å². The minimum absolute atomic E-state index is 0.0490. The fraction of sp³-hybridized carbons (Fsp3) is 0.500. The van der Waals surface area contributed by atoms with E-state index in [2.05, 4.69) is 4.72 Å². The molecule has 8 heteroatoms. The Kier molecular flexibility index (Phi) is 4.73. The van der Waals surface area contributed by atoms with Gasteiger partial charge in [-0.1, -0.05) is 11.6 Å². The number of sulfonamides is 1. The summed E-state index contributed by atoms with van der Waals surface area (Å²) in [4.78, 5) is 0.154. The van der Waals surface area contributed by atoms with Crippen LogP contribution in [-0.2, 0) is 19.9 Å². The molecule has 0 spiro atoms. The van der Waals surface area contributed by atoms with Gasteiger partial charge in [0.1, 0.15) is 0 Å². The van der Waals surface area contributed by atoms with Gasteiger partial charge >= 0.3 is 0 Å². The Morgan fingerprint density at radius 1 is 1.25 bits per heavy atom. The van der Waals surface area contributed by atoms with Crippen molar-refractivity contribution in [1.82, 2.24) is 4.72 Å². The summed E-state index contributed by atoms with van der Waals surface area (Å²) >= 11 is 5.71. The van der Waals surface area contributed by atoms with Gasteiger partial charge in [0.2, 0.25) is 10.0 Å². The number of hydrogen-bond donors (Lipinski definition) is 1. The van der Waals surface area contributed by atoms with E-state index in [1.54, 1.807) is 0 Å². The van der Waals surface area contributed by atoms with Crippen LogP contribution in [-0.4, -0.2) is 34.9 Å². The highest BCUT2D eigenvalue weighted by Gasteiger charge is 2.27. The second kappa shape index (κ2) is 6.01. The molecular weight excluding hydrogens is 322 g/mol. The van der Waals surface area contributed by atoms with Crippen molar-refractivity contribution in [2.45, 2.75) is 17.7 Å². The van der Waals surface area contributed by atoms with E-state index in [4.69, 9.17) is 11.6 Å². The summed E-state index contributed by atoms with van der Waals surface area (Å²) < 4.78 is 49.0. The molecule has 1 aliphatic rings. The molecule has 0 amide bonds. The molecular formula is C12H16ClNO4S2. The minimum Gasteiger partial charge on any atom is -0.229 e. The van der Waals surface area contributed by atoms with Crippen molar-refractivity contribution in [2.24, 2.45) is 5.92 Å². The number of benzene rings is 1. The topological polar surface area (TPSA) is 80.3 Å². The molecule has 1 aromatic rings. The molecule has 0 radical (unpaired) electrons. The van der Waals surface area contributed by atoms with Gasteiger partial charge in [-0.2, -0.15) is 0 Å². The lowest BCUT2D eigenvalue weighted by atomic mass is 10.1. The molecule has 2 rings (SSSR count). The van der Waals surface area contributed by atoms with Crippen LogP contribution in [0, 0.1) is 5.92 Å². The normalized spacial score (nSPS) is 21.9. The Labute approximate surface area is 124 Å². The highest BCUT2D eigenvalue weighted by Crippen LogP contribution is 2.21. The van der Waals surface area contributed by atoms with Gasteiger partial charge in [-0.25, -0.2) is 21.6 Å². The Balaban J connectivity index is 1.89. The second-order valence-electron chi connectivity index (χ2n) is 4.91. The molecule has 112 valence electrons. The predicted molar refractivity (Wildman–Crippen MR) is 78.0 cm³/mol. The molecule has 0 aromatic heterocycles. The van der Waals surface area contributed by atoms with Crippen molar-refractivity contribution in [3.8, 4) is 0 Å². The van der Waals surface area contributed by atoms with E-state index < -0.39 is 19.9 Å². The number of sulfone groups is 1. The maximum Gasteiger partial charge on any atom is 0.240 e. The van der Waals surface area contributed by atoms with Gasteiger partial charge < -0.3 is 0 Å². The zero-order chi connectivity index (χ0) is 14.8. The summed E-state index contributed by atoms with van der Waals surface area (Å²) in [6.07, 6.45) is 1.15. The lowest BCUT2D eigenvalue weighted by Crippen LogP contribution is -2.26. The van der Waals surface area contributed by atoms with E-state index >= 15 is 0 Å². The summed E-state index contributed by atoms with van der Waals surface area (Å²) in [7, 11) is -6.47. The zero-order valence-corrected chi connectivity index (χ0v) is 13.1. The first-order valence-electron chi connectivity index (χ1n) is 6.24. The lowest BCUT2D eigenvalue weighted by molar-refractivity contribution is 0.527. The van der Waals surface area contributed by atoms with Crippen molar-refractivity contribution in [3.63, 3.8) is 0 Å². The molecule has 20 heavy (non-hydrogen) atoms. The van der Waals surface area contributed by atoms with Crippen LogP contribution in [0.2, 0.25) is 5.02 Å². The smallest absolute Gasteiger partial charge is 0.229 e. The van der Waals surface area contributed by atoms with Crippen LogP contribution >= 0.6 is 11.6 Å². The van der Waals surface area contributed by atoms with E-state index in [1.807, 2.05) is 0 Å². The van der Waals surface area contributed by atoms with E-state index in [9.17, 15) is 16.8 Å². The molecule has 1 N–H and O–H groups in total. The van der Waals surface area contributed by atoms with Gasteiger partial charge in [0.25, 0.3) is 0 Å². The molecule has 1 atom stereocenters. The molecule has 1 unspecified atom stereocenters. The van der Waals surface area contributed by atoms with E-state index in [0.717, 1.165) is 0 Å². The van der Waals surface area contributed by atoms with Gasteiger partial charge in [-0.3, -0.25) is 0 Å². The van der Waals surface area contributed by atoms with Crippen LogP contribution in [0.4, 0.5) is 0 Å². The highest BCUT2D eigenvalue weighted by atomic mass is 35.5. The Hall–Kier alpha value is -0.630. The third kappa shape index (κ3) is 4.18. The van der Waals surface area contributed by atoms with Gasteiger partial charge in [0.05, 0.1) is 16.4 Å². The van der Waals surface area contributed by atoms with Crippen LogP contribution in [0.25, 0.3) is 0 Å². The number of rotatable bonds is 5. The zero-order valence-electron chi connectivity index (χ0n) is 10.7. The van der Waals surface area contributed by atoms with E-state index in [-0.39, 0.29) is 28.9 Å². The third-order valence-corrected chi connectivity index (χ3v) is 6.86. The summed E-state index contributed by atoms with van der Waals surface area (Å²) in [6, 6.07) is 5.90. The maximum absolute atomic E-state index is 12.0. The number of halogens is 1. The van der Waals surface area contributed by atoms with Crippen molar-refractivity contribution in [3.05, 3.63) is 29.3 Å². The largest absolute Gasteiger partial charge is 0.240 e. The Bertz CT molecular complexity index is 668. The van der Waals surface area contributed by atoms with Crippen LogP contribution in [0.15, 0.2) is 29.2 Å². The molecule has 0 bridgehead atoms. The molecule has 5 nitrogen and oxygen atoms in total. The molecule has 1 fully saturated rings.